The quantitative estimate of drug-likeness (QED) is 0.130. The Balaban J connectivity index is 1.01. The van der Waals surface area contributed by atoms with Crippen molar-refractivity contribution in [2.24, 2.45) is 0 Å². The molecule has 1 nitrogen and oxygen atoms in total. The van der Waals surface area contributed by atoms with Gasteiger partial charge in [0.2, 0.25) is 0 Å². The van der Waals surface area contributed by atoms with Gasteiger partial charge in [0.05, 0.1) is 11.1 Å². The van der Waals surface area contributed by atoms with E-state index in [2.05, 4.69) is 302 Å². The third-order valence-corrected chi connectivity index (χ3v) is 15.5. The van der Waals surface area contributed by atoms with Crippen molar-refractivity contribution in [2.45, 2.75) is 5.41 Å². The summed E-state index contributed by atoms with van der Waals surface area (Å²) in [7, 11) is 0. The van der Waals surface area contributed by atoms with Crippen LogP contribution < -0.4 is 4.90 Å². The van der Waals surface area contributed by atoms with E-state index in [0.717, 1.165) is 28.2 Å². The van der Waals surface area contributed by atoms with E-state index in [0.29, 0.717) is 0 Å². The topological polar surface area (TPSA) is 3.24 Å². The molecule has 0 radical (unpaired) electrons. The Bertz CT molecular complexity index is 4180. The van der Waals surface area contributed by atoms with Crippen LogP contribution >= 0.6 is 0 Å². The second-order valence-corrected chi connectivity index (χ2v) is 19.5. The maximum absolute atomic E-state index is 2.51. The SMILES string of the molecule is c1ccc(-c2ccc3cc(N(c4cccc(-c5ccc6c(c5)c(-c5ccccc5)c(-c5ccccc5)c5ccccc56)c4)c4cccc5c4-c4ccccc4C5(c4ccccc4)c4ccccc4)ccc3c2)cc1. The highest BCUT2D eigenvalue weighted by Gasteiger charge is 2.47. The molecule has 0 N–H and O–H groups in total. The molecule has 0 amide bonds. The first-order valence-electron chi connectivity index (χ1n) is 25.7. The fourth-order valence-electron chi connectivity index (χ4n) is 12.3. The average molecular weight is 940 g/mol. The van der Waals surface area contributed by atoms with Gasteiger partial charge in [-0.2, -0.15) is 0 Å². The van der Waals surface area contributed by atoms with Crippen LogP contribution in [-0.2, 0) is 5.41 Å². The van der Waals surface area contributed by atoms with Crippen molar-refractivity contribution in [1.29, 1.82) is 0 Å². The molecule has 1 aliphatic carbocycles. The molecule has 0 spiro atoms. The van der Waals surface area contributed by atoms with E-state index in [1.54, 1.807) is 0 Å². The summed E-state index contributed by atoms with van der Waals surface area (Å²) in [5.74, 6) is 0. The second kappa shape index (κ2) is 17.9. The van der Waals surface area contributed by atoms with E-state index in [1.165, 1.54) is 99.1 Å². The van der Waals surface area contributed by atoms with Crippen molar-refractivity contribution in [2.75, 3.05) is 4.90 Å². The van der Waals surface area contributed by atoms with E-state index in [4.69, 9.17) is 0 Å². The van der Waals surface area contributed by atoms with E-state index in [1.807, 2.05) is 0 Å². The Hall–Kier alpha value is -9.56. The van der Waals surface area contributed by atoms with Crippen LogP contribution in [0.15, 0.2) is 297 Å². The van der Waals surface area contributed by atoms with Gasteiger partial charge < -0.3 is 4.90 Å². The minimum absolute atomic E-state index is 0.542. The molecular weight excluding hydrogens is 891 g/mol. The predicted molar refractivity (Wildman–Crippen MR) is 313 cm³/mol. The van der Waals surface area contributed by atoms with Crippen LogP contribution in [-0.4, -0.2) is 0 Å². The molecule has 0 unspecified atom stereocenters. The lowest BCUT2D eigenvalue weighted by molar-refractivity contribution is 0.768. The summed E-state index contributed by atoms with van der Waals surface area (Å²) in [5.41, 5.74) is 19.9. The molecule has 0 heterocycles. The Morgan fingerprint density at radius 3 is 1.42 bits per heavy atom. The first kappa shape index (κ1) is 43.2. The molecule has 13 aromatic carbocycles. The molecule has 1 heteroatoms. The van der Waals surface area contributed by atoms with Crippen molar-refractivity contribution < 1.29 is 0 Å². The van der Waals surface area contributed by atoms with Crippen molar-refractivity contribution in [3.63, 3.8) is 0 Å². The number of anilines is 3. The number of nitrogens with zero attached hydrogens (tertiary/aromatic N) is 1. The van der Waals surface area contributed by atoms with Gasteiger partial charge in [-0.3, -0.25) is 0 Å². The molecule has 0 bridgehead atoms. The zero-order chi connectivity index (χ0) is 49.0. The normalized spacial score (nSPS) is 12.4. The summed E-state index contributed by atoms with van der Waals surface area (Å²) in [6.45, 7) is 0. The predicted octanol–water partition coefficient (Wildman–Crippen LogP) is 19.6. The molecule has 0 aromatic heterocycles. The van der Waals surface area contributed by atoms with E-state index in [9.17, 15) is 0 Å². The molecular formula is C73H49N. The summed E-state index contributed by atoms with van der Waals surface area (Å²) in [5, 5.41) is 7.36. The van der Waals surface area contributed by atoms with Gasteiger partial charge in [-0.15, -0.1) is 0 Å². The van der Waals surface area contributed by atoms with Crippen LogP contribution in [0.3, 0.4) is 0 Å². The lowest BCUT2D eigenvalue weighted by atomic mass is 9.68. The van der Waals surface area contributed by atoms with Gasteiger partial charge in [0.15, 0.2) is 0 Å². The number of hydrogen-bond donors (Lipinski definition) is 0. The average Bonchev–Trinajstić information content (AvgIpc) is 3.80. The van der Waals surface area contributed by atoms with Crippen LogP contribution in [0.4, 0.5) is 17.1 Å². The van der Waals surface area contributed by atoms with E-state index in [-0.39, 0.29) is 0 Å². The largest absolute Gasteiger partial charge is 0.310 e. The smallest absolute Gasteiger partial charge is 0.0714 e. The summed E-state index contributed by atoms with van der Waals surface area (Å²) >= 11 is 0. The maximum Gasteiger partial charge on any atom is 0.0714 e. The molecule has 14 rings (SSSR count). The van der Waals surface area contributed by atoms with Crippen molar-refractivity contribution in [1.82, 2.24) is 0 Å². The Morgan fingerprint density at radius 1 is 0.243 bits per heavy atom. The molecule has 0 saturated heterocycles. The van der Waals surface area contributed by atoms with E-state index >= 15 is 0 Å². The molecule has 0 atom stereocenters. The highest BCUT2D eigenvalue weighted by molar-refractivity contribution is 6.22. The van der Waals surface area contributed by atoms with Gasteiger partial charge in [-0.1, -0.05) is 255 Å². The van der Waals surface area contributed by atoms with Crippen LogP contribution in [0.2, 0.25) is 0 Å². The molecule has 346 valence electrons. The maximum atomic E-state index is 2.51. The lowest BCUT2D eigenvalue weighted by Gasteiger charge is -2.34. The molecule has 0 fully saturated rings. The third-order valence-electron chi connectivity index (χ3n) is 15.5. The molecule has 74 heavy (non-hydrogen) atoms. The van der Waals surface area contributed by atoms with Gasteiger partial charge in [0, 0.05) is 16.9 Å². The summed E-state index contributed by atoms with van der Waals surface area (Å²) < 4.78 is 0. The Labute approximate surface area is 432 Å². The molecule has 0 aliphatic heterocycles. The monoisotopic (exact) mass is 939 g/mol. The number of rotatable bonds is 9. The van der Waals surface area contributed by atoms with Crippen molar-refractivity contribution in [3.8, 4) is 55.6 Å². The Kier molecular flexibility index (Phi) is 10.5. The van der Waals surface area contributed by atoms with Crippen LogP contribution in [0, 0.1) is 0 Å². The van der Waals surface area contributed by atoms with Gasteiger partial charge >= 0.3 is 0 Å². The van der Waals surface area contributed by atoms with Crippen LogP contribution in [0.1, 0.15) is 22.3 Å². The van der Waals surface area contributed by atoms with Crippen molar-refractivity contribution >= 4 is 49.4 Å². The molecule has 13 aromatic rings. The lowest BCUT2D eigenvalue weighted by Crippen LogP contribution is -2.28. The zero-order valence-corrected chi connectivity index (χ0v) is 40.7. The minimum Gasteiger partial charge on any atom is -0.310 e. The zero-order valence-electron chi connectivity index (χ0n) is 40.7. The Morgan fingerprint density at radius 2 is 0.716 bits per heavy atom. The summed E-state index contributed by atoms with van der Waals surface area (Å²) in [4.78, 5) is 2.51. The second-order valence-electron chi connectivity index (χ2n) is 19.5. The fourth-order valence-corrected chi connectivity index (χ4v) is 12.3. The number of fused-ring (bicyclic) bond motifs is 7. The summed E-state index contributed by atoms with van der Waals surface area (Å²) in [6.07, 6.45) is 0. The summed E-state index contributed by atoms with van der Waals surface area (Å²) in [6, 6.07) is 110. The first-order chi connectivity index (χ1) is 36.7. The van der Waals surface area contributed by atoms with Crippen molar-refractivity contribution in [3.05, 3.63) is 320 Å². The highest BCUT2D eigenvalue weighted by Crippen LogP contribution is 2.60. The number of hydrogen-bond acceptors (Lipinski definition) is 1. The minimum atomic E-state index is -0.542. The first-order valence-corrected chi connectivity index (χ1v) is 25.7. The van der Waals surface area contributed by atoms with Crippen LogP contribution in [0.25, 0.3) is 88.0 Å². The third kappa shape index (κ3) is 7.00. The van der Waals surface area contributed by atoms with Gasteiger partial charge in [-0.25, -0.2) is 0 Å². The van der Waals surface area contributed by atoms with Crippen LogP contribution in [0.5, 0.6) is 0 Å². The molecule has 0 saturated carbocycles. The fraction of sp³-hybridized carbons (Fsp3) is 0.0137. The van der Waals surface area contributed by atoms with Gasteiger partial charge in [0.25, 0.3) is 0 Å². The standard InChI is InChI=1S/C73H49N/c1-6-22-50(23-7-1)54-40-41-56-48-61(44-42-55(56)46-54)74(69-39-21-38-68-72(69)65-36-18-19-37-67(65)73(68,58-29-12-4-13-30-58)59-31-14-5-15-32-59)60-33-20-28-53(47-60)57-43-45-63-62-34-16-17-35-64(62)70(51-24-8-2-9-25-51)71(66(63)49-57)52-26-10-3-11-27-52/h1-49H. The highest BCUT2D eigenvalue weighted by atomic mass is 15.1. The van der Waals surface area contributed by atoms with Gasteiger partial charge in [-0.05, 0) is 147 Å². The molecule has 1 aliphatic rings. The number of benzene rings is 13. The van der Waals surface area contributed by atoms with E-state index < -0.39 is 5.41 Å². The van der Waals surface area contributed by atoms with Gasteiger partial charge in [0.1, 0.15) is 0 Å².